The highest BCUT2D eigenvalue weighted by atomic mass is 35.5. The van der Waals surface area contributed by atoms with Crippen molar-refractivity contribution < 1.29 is 4.79 Å². The van der Waals surface area contributed by atoms with E-state index in [1.54, 1.807) is 35.4 Å². The van der Waals surface area contributed by atoms with Gasteiger partial charge in [-0.2, -0.15) is 5.10 Å². The molecule has 128 valence electrons. The number of hydrogen-bond donors (Lipinski definition) is 1. The Balaban J connectivity index is 1.61. The minimum absolute atomic E-state index is 0.244. The molecule has 6 nitrogen and oxygen atoms in total. The molecule has 0 atom stereocenters. The zero-order valence-corrected chi connectivity index (χ0v) is 14.4. The lowest BCUT2D eigenvalue weighted by molar-refractivity contribution is 0.0952. The Morgan fingerprint density at radius 1 is 1.08 bits per heavy atom. The van der Waals surface area contributed by atoms with E-state index in [4.69, 9.17) is 11.6 Å². The van der Waals surface area contributed by atoms with Crippen molar-refractivity contribution in [2.45, 2.75) is 6.54 Å². The molecule has 1 aromatic carbocycles. The second-order valence-electron chi connectivity index (χ2n) is 5.65. The van der Waals surface area contributed by atoms with Crippen LogP contribution in [0.15, 0.2) is 67.3 Å². The van der Waals surface area contributed by atoms with Crippen LogP contribution in [0.25, 0.3) is 16.7 Å². The molecule has 1 N–H and O–H groups in total. The second kappa shape index (κ2) is 6.93. The van der Waals surface area contributed by atoms with Crippen LogP contribution < -0.4 is 5.32 Å². The normalized spacial score (nSPS) is 10.8. The average Bonchev–Trinajstić information content (AvgIpc) is 3.20. The number of benzene rings is 1. The molecule has 7 heteroatoms. The maximum absolute atomic E-state index is 12.7. The van der Waals surface area contributed by atoms with Crippen LogP contribution in [0, 0.1) is 0 Å². The topological polar surface area (TPSA) is 72.7 Å². The van der Waals surface area contributed by atoms with Gasteiger partial charge in [-0.15, -0.1) is 0 Å². The maximum atomic E-state index is 12.7. The summed E-state index contributed by atoms with van der Waals surface area (Å²) in [4.78, 5) is 21.4. The van der Waals surface area contributed by atoms with Gasteiger partial charge in [-0.25, -0.2) is 9.67 Å². The van der Waals surface area contributed by atoms with Gasteiger partial charge in [0.2, 0.25) is 0 Å². The average molecular weight is 364 g/mol. The lowest BCUT2D eigenvalue weighted by Crippen LogP contribution is -2.24. The monoisotopic (exact) mass is 363 g/mol. The molecule has 3 aromatic heterocycles. The smallest absolute Gasteiger partial charge is 0.253 e. The van der Waals surface area contributed by atoms with Gasteiger partial charge in [0.1, 0.15) is 0 Å². The summed E-state index contributed by atoms with van der Waals surface area (Å²) >= 11 is 6.15. The number of carbonyl (C=O) groups excluding carboxylic acids is 1. The minimum Gasteiger partial charge on any atom is -0.348 e. The van der Waals surface area contributed by atoms with E-state index in [9.17, 15) is 4.79 Å². The van der Waals surface area contributed by atoms with Gasteiger partial charge in [0.25, 0.3) is 5.91 Å². The summed E-state index contributed by atoms with van der Waals surface area (Å²) < 4.78 is 1.66. The molecule has 4 rings (SSSR count). The highest BCUT2D eigenvalue weighted by Gasteiger charge is 2.14. The van der Waals surface area contributed by atoms with Crippen LogP contribution in [0.2, 0.25) is 5.02 Å². The Labute approximate surface area is 154 Å². The summed E-state index contributed by atoms with van der Waals surface area (Å²) in [5, 5.41) is 8.43. The Hall–Kier alpha value is -3.25. The van der Waals surface area contributed by atoms with E-state index in [0.29, 0.717) is 28.5 Å². The zero-order chi connectivity index (χ0) is 17.9. The van der Waals surface area contributed by atoms with Crippen LogP contribution in [0.3, 0.4) is 0 Å². The Morgan fingerprint density at radius 2 is 1.92 bits per heavy atom. The van der Waals surface area contributed by atoms with Crippen molar-refractivity contribution in [3.8, 4) is 5.82 Å². The van der Waals surface area contributed by atoms with Crippen LogP contribution in [-0.2, 0) is 6.54 Å². The molecule has 0 saturated carbocycles. The van der Waals surface area contributed by atoms with Crippen molar-refractivity contribution in [3.63, 3.8) is 0 Å². The minimum atomic E-state index is -0.244. The van der Waals surface area contributed by atoms with Gasteiger partial charge < -0.3 is 5.32 Å². The fourth-order valence-electron chi connectivity index (χ4n) is 2.77. The van der Waals surface area contributed by atoms with E-state index >= 15 is 0 Å². The first-order chi connectivity index (χ1) is 12.7. The first-order valence-electron chi connectivity index (χ1n) is 7.99. The third-order valence-corrected chi connectivity index (χ3v) is 4.16. The summed E-state index contributed by atoms with van der Waals surface area (Å²) in [5.74, 6) is 0.429. The number of carbonyl (C=O) groups is 1. The van der Waals surface area contributed by atoms with Crippen molar-refractivity contribution in [2.24, 2.45) is 0 Å². The third kappa shape index (κ3) is 3.14. The van der Waals surface area contributed by atoms with E-state index in [-0.39, 0.29) is 5.91 Å². The van der Waals surface area contributed by atoms with E-state index in [1.165, 1.54) is 0 Å². The number of rotatable bonds is 4. The van der Waals surface area contributed by atoms with Gasteiger partial charge in [0.05, 0.1) is 11.1 Å². The molecule has 0 unspecified atom stereocenters. The molecule has 0 aliphatic carbocycles. The van der Waals surface area contributed by atoms with Gasteiger partial charge in [-0.05, 0) is 30.3 Å². The van der Waals surface area contributed by atoms with E-state index in [2.05, 4.69) is 20.4 Å². The first-order valence-corrected chi connectivity index (χ1v) is 8.36. The molecule has 3 heterocycles. The summed E-state index contributed by atoms with van der Waals surface area (Å²) in [6.45, 7) is 0.308. The lowest BCUT2D eigenvalue weighted by atomic mass is 10.1. The standard InChI is InChI=1S/C19H14ClN5O/c20-15-10-13-4-1-6-21-17(13)16(11-15)19(26)23-12-14-5-2-7-22-18(14)25-9-3-8-24-25/h1-11H,12H2,(H,23,26). The predicted molar refractivity (Wildman–Crippen MR) is 99.3 cm³/mol. The molecule has 0 aliphatic heterocycles. The summed E-state index contributed by atoms with van der Waals surface area (Å²) in [6.07, 6.45) is 6.84. The van der Waals surface area contributed by atoms with E-state index in [1.807, 2.05) is 36.5 Å². The molecule has 0 bridgehead atoms. The second-order valence-corrected chi connectivity index (χ2v) is 6.08. The Kier molecular flexibility index (Phi) is 4.33. The number of fused-ring (bicyclic) bond motifs is 1. The van der Waals surface area contributed by atoms with Gasteiger partial charge >= 0.3 is 0 Å². The van der Waals surface area contributed by atoms with Gasteiger partial charge in [0.15, 0.2) is 5.82 Å². The molecule has 0 saturated heterocycles. The van der Waals surface area contributed by atoms with Crippen LogP contribution >= 0.6 is 11.6 Å². The molecular weight excluding hydrogens is 350 g/mol. The number of pyridine rings is 2. The van der Waals surface area contributed by atoms with Crippen LogP contribution in [0.4, 0.5) is 0 Å². The largest absolute Gasteiger partial charge is 0.348 e. The number of amides is 1. The van der Waals surface area contributed by atoms with E-state index < -0.39 is 0 Å². The number of hydrogen-bond acceptors (Lipinski definition) is 4. The quantitative estimate of drug-likeness (QED) is 0.603. The molecule has 0 fully saturated rings. The molecular formula is C19H14ClN5O. The highest BCUT2D eigenvalue weighted by Crippen LogP contribution is 2.22. The van der Waals surface area contributed by atoms with Gasteiger partial charge in [0, 0.05) is 47.3 Å². The fourth-order valence-corrected chi connectivity index (χ4v) is 2.99. The number of nitrogens with zero attached hydrogens (tertiary/aromatic N) is 4. The van der Waals surface area contributed by atoms with Crippen molar-refractivity contribution >= 4 is 28.4 Å². The maximum Gasteiger partial charge on any atom is 0.253 e. The Morgan fingerprint density at radius 3 is 2.77 bits per heavy atom. The molecule has 26 heavy (non-hydrogen) atoms. The first kappa shape index (κ1) is 16.2. The van der Waals surface area contributed by atoms with Gasteiger partial charge in [-0.3, -0.25) is 9.78 Å². The van der Waals surface area contributed by atoms with Crippen molar-refractivity contribution in [2.75, 3.05) is 0 Å². The number of nitrogens with one attached hydrogen (secondary N) is 1. The number of halogens is 1. The molecule has 4 aromatic rings. The molecule has 1 amide bonds. The lowest BCUT2D eigenvalue weighted by Gasteiger charge is -2.11. The molecule has 0 spiro atoms. The Bertz CT molecular complexity index is 1080. The van der Waals surface area contributed by atoms with Gasteiger partial charge in [-0.1, -0.05) is 23.7 Å². The summed E-state index contributed by atoms with van der Waals surface area (Å²) in [5.41, 5.74) is 1.91. The SMILES string of the molecule is O=C(NCc1cccnc1-n1cccn1)c1cc(Cl)cc2cccnc12. The third-order valence-electron chi connectivity index (χ3n) is 3.94. The summed E-state index contributed by atoms with van der Waals surface area (Å²) in [6, 6.07) is 12.7. The van der Waals surface area contributed by atoms with Crippen molar-refractivity contribution in [3.05, 3.63) is 83.4 Å². The molecule has 0 aliphatic rings. The fraction of sp³-hybridized carbons (Fsp3) is 0.0526. The zero-order valence-electron chi connectivity index (χ0n) is 13.6. The van der Waals surface area contributed by atoms with Crippen LogP contribution in [0.1, 0.15) is 15.9 Å². The summed E-state index contributed by atoms with van der Waals surface area (Å²) in [7, 11) is 0. The van der Waals surface area contributed by atoms with Crippen molar-refractivity contribution in [1.29, 1.82) is 0 Å². The van der Waals surface area contributed by atoms with Crippen LogP contribution in [-0.4, -0.2) is 25.7 Å². The van der Waals surface area contributed by atoms with Crippen molar-refractivity contribution in [1.82, 2.24) is 25.1 Å². The van der Waals surface area contributed by atoms with Crippen LogP contribution in [0.5, 0.6) is 0 Å². The molecule has 0 radical (unpaired) electrons. The number of aromatic nitrogens is 4. The predicted octanol–water partition coefficient (Wildman–Crippen LogP) is 3.40. The van der Waals surface area contributed by atoms with E-state index in [0.717, 1.165) is 10.9 Å². The highest BCUT2D eigenvalue weighted by molar-refractivity contribution is 6.32.